The van der Waals surface area contributed by atoms with E-state index in [4.69, 9.17) is 29.9 Å². The minimum atomic E-state index is 0.875. The number of pyridine rings is 6. The lowest BCUT2D eigenvalue weighted by Crippen LogP contribution is -2.13. The smallest absolute Gasteiger partial charge is 0.137 e. The van der Waals surface area contributed by atoms with Crippen molar-refractivity contribution in [2.24, 2.45) is 0 Å². The summed E-state index contributed by atoms with van der Waals surface area (Å²) in [6.07, 6.45) is 11.2. The van der Waals surface area contributed by atoms with Crippen LogP contribution in [0.1, 0.15) is 22.3 Å². The van der Waals surface area contributed by atoms with Gasteiger partial charge in [-0.2, -0.15) is 0 Å². The summed E-state index contributed by atoms with van der Waals surface area (Å²) in [5.74, 6) is 5.27. The van der Waals surface area contributed by atoms with Crippen LogP contribution < -0.4 is 29.4 Å². The molecule has 0 N–H and O–H groups in total. The zero-order chi connectivity index (χ0) is 94.8. The van der Waals surface area contributed by atoms with Gasteiger partial charge in [0.1, 0.15) is 34.9 Å². The van der Waals surface area contributed by atoms with E-state index in [1.54, 1.807) is 0 Å². The van der Waals surface area contributed by atoms with Gasteiger partial charge in [0.2, 0.25) is 0 Å². The first-order chi connectivity index (χ1) is 70.2. The summed E-state index contributed by atoms with van der Waals surface area (Å²) in [7, 11) is 0. The molecule has 0 saturated heterocycles. The van der Waals surface area contributed by atoms with Crippen LogP contribution in [0.2, 0.25) is 0 Å². The van der Waals surface area contributed by atoms with Gasteiger partial charge in [-0.1, -0.05) is 267 Å². The van der Waals surface area contributed by atoms with E-state index >= 15 is 0 Å². The monoisotopic (exact) mass is 1820 g/mol. The Balaban J connectivity index is 0.000000112. The molecule has 672 valence electrons. The summed E-state index contributed by atoms with van der Waals surface area (Å²) in [4.78, 5) is 42.8. The Hall–Kier alpha value is -18.8. The second kappa shape index (κ2) is 36.0. The number of rotatable bonds is 18. The van der Waals surface area contributed by atoms with Gasteiger partial charge in [-0.05, 0) is 297 Å². The van der Waals surface area contributed by atoms with Crippen molar-refractivity contribution < 1.29 is 0 Å². The first kappa shape index (κ1) is 84.9. The number of fused-ring (bicyclic) bond motifs is 9. The van der Waals surface area contributed by atoms with Crippen molar-refractivity contribution in [3.05, 3.63) is 508 Å². The molecular formula is C130H92N12. The number of anilines is 18. The topological polar surface area (TPSA) is 96.8 Å². The Morgan fingerprint density at radius 1 is 0.127 bits per heavy atom. The minimum absolute atomic E-state index is 0.875. The van der Waals surface area contributed by atoms with Gasteiger partial charge in [0, 0.05) is 136 Å². The first-order valence-electron chi connectivity index (χ1n) is 48.2. The van der Waals surface area contributed by atoms with Crippen LogP contribution in [0.15, 0.2) is 486 Å². The molecule has 0 spiro atoms. The number of aryl methyl sites for hydroxylation is 4. The predicted octanol–water partition coefficient (Wildman–Crippen LogP) is 35.6. The van der Waals surface area contributed by atoms with Crippen molar-refractivity contribution in [1.82, 2.24) is 29.9 Å². The second-order valence-corrected chi connectivity index (χ2v) is 36.1. The molecule has 21 aromatic carbocycles. The maximum absolute atomic E-state index is 4.88. The molecule has 12 nitrogen and oxygen atoms in total. The van der Waals surface area contributed by atoms with E-state index in [0.29, 0.717) is 0 Å². The summed E-state index contributed by atoms with van der Waals surface area (Å²) < 4.78 is 0. The highest BCUT2D eigenvalue weighted by molar-refractivity contribution is 6.41. The molecule has 0 saturated carbocycles. The van der Waals surface area contributed by atoms with Crippen molar-refractivity contribution >= 4 is 232 Å². The van der Waals surface area contributed by atoms with Gasteiger partial charge in [-0.3, -0.25) is 29.4 Å². The summed E-state index contributed by atoms with van der Waals surface area (Å²) in [5.41, 5.74) is 17.9. The van der Waals surface area contributed by atoms with Crippen LogP contribution in [-0.2, 0) is 0 Å². The molecule has 0 atom stereocenters. The van der Waals surface area contributed by atoms with Gasteiger partial charge < -0.3 is 0 Å². The maximum atomic E-state index is 4.88. The fourth-order valence-electron chi connectivity index (χ4n) is 22.0. The van der Waals surface area contributed by atoms with E-state index in [2.05, 4.69) is 457 Å². The Kier molecular flexibility index (Phi) is 21.6. The Morgan fingerprint density at radius 3 is 0.577 bits per heavy atom. The molecule has 0 aliphatic heterocycles. The van der Waals surface area contributed by atoms with Gasteiger partial charge in [0.05, 0.1) is 34.1 Å². The van der Waals surface area contributed by atoms with Crippen LogP contribution in [0.3, 0.4) is 0 Å². The zero-order valence-electron chi connectivity index (χ0n) is 78.6. The lowest BCUT2D eigenvalue weighted by molar-refractivity contribution is 1.18. The highest BCUT2D eigenvalue weighted by atomic mass is 15.2. The molecule has 6 heterocycles. The number of aromatic nitrogens is 6. The van der Waals surface area contributed by atoms with E-state index in [0.717, 1.165) is 103 Å². The fraction of sp³-hybridized carbons (Fsp3) is 0.0308. The zero-order valence-corrected chi connectivity index (χ0v) is 78.6. The summed E-state index contributed by atoms with van der Waals surface area (Å²) in [5, 5.41) is 29.8. The van der Waals surface area contributed by atoms with Gasteiger partial charge in [-0.25, -0.2) is 29.9 Å². The van der Waals surface area contributed by atoms with Gasteiger partial charge in [0.15, 0.2) is 0 Å². The lowest BCUT2D eigenvalue weighted by Gasteiger charge is -2.30. The molecule has 0 fully saturated rings. The third-order valence-corrected chi connectivity index (χ3v) is 27.9. The second-order valence-electron chi connectivity index (χ2n) is 36.1. The van der Waals surface area contributed by atoms with Gasteiger partial charge in [0.25, 0.3) is 0 Å². The van der Waals surface area contributed by atoms with Gasteiger partial charge >= 0.3 is 0 Å². The molecule has 0 bridgehead atoms. The number of hydrogen-bond donors (Lipinski definition) is 0. The average Bonchev–Trinajstić information content (AvgIpc) is 0.707. The number of para-hydroxylation sites is 6. The molecule has 12 heteroatoms. The highest BCUT2D eigenvalue weighted by Crippen LogP contribution is 2.57. The summed E-state index contributed by atoms with van der Waals surface area (Å²) in [6, 6.07) is 159. The first-order valence-corrected chi connectivity index (χ1v) is 48.2. The van der Waals surface area contributed by atoms with Crippen LogP contribution in [0, 0.1) is 27.7 Å². The molecule has 27 aromatic rings. The van der Waals surface area contributed by atoms with E-state index in [-0.39, 0.29) is 0 Å². The molecule has 0 unspecified atom stereocenters. The normalized spacial score (nSPS) is 11.5. The molecule has 0 aliphatic carbocycles. The summed E-state index contributed by atoms with van der Waals surface area (Å²) in [6.45, 7) is 8.97. The standard InChI is InChI=1S/2C44H32N4.C42H28N4/c1-29-27-37(47(31-15-5-3-6-16-31)39-21-11-13-25-45-39)41-35-19-9-10-20-36(35)42-38(28-30(2)34-24-23-33(29)43(41)44(34)42)48(32-17-7-4-8-18-32)40-22-12-14-26-46-40;1-29-27-37(47(31-15-5-3-6-16-31)39-21-11-13-25-45-39)35-23-24-36-38(48(32-17-7-4-8-18-32)40-22-12-14-26-46-40)28-30(2)42-34-20-10-9-19-33(34)41(29)43(35)44(36)42;1-3-13-29(14-4-1)45(39-19-9-11-27-43-39)37-25-23-33-31-17-7-8-18-32(31)34-24-26-38(36-22-21-35(37)41(33)42(34)36)46(30-15-5-2-6-16-30)40-20-10-12-28-44-40/h2*3-28H,1-2H3;1-28H. The molecule has 6 aromatic heterocycles. The number of nitrogens with zero attached hydrogens (tertiary/aromatic N) is 12. The third-order valence-electron chi connectivity index (χ3n) is 27.9. The van der Waals surface area contributed by atoms with Crippen LogP contribution in [-0.4, -0.2) is 29.9 Å². The highest BCUT2D eigenvalue weighted by Gasteiger charge is 2.32. The maximum Gasteiger partial charge on any atom is 0.137 e. The van der Waals surface area contributed by atoms with Crippen molar-refractivity contribution in [2.45, 2.75) is 27.7 Å². The molecule has 27 rings (SSSR count). The number of hydrogen-bond acceptors (Lipinski definition) is 12. The Bertz CT molecular complexity index is 8540. The Labute approximate surface area is 822 Å². The summed E-state index contributed by atoms with van der Waals surface area (Å²) >= 11 is 0. The van der Waals surface area contributed by atoms with Crippen LogP contribution >= 0.6 is 0 Å². The molecule has 0 aliphatic rings. The third kappa shape index (κ3) is 14.5. The van der Waals surface area contributed by atoms with Crippen molar-refractivity contribution in [2.75, 3.05) is 29.4 Å². The van der Waals surface area contributed by atoms with E-state index in [1.165, 1.54) is 152 Å². The van der Waals surface area contributed by atoms with Crippen molar-refractivity contribution in [3.8, 4) is 0 Å². The average molecular weight is 1820 g/mol. The van der Waals surface area contributed by atoms with Gasteiger partial charge in [-0.15, -0.1) is 0 Å². The predicted molar refractivity (Wildman–Crippen MR) is 597 cm³/mol. The van der Waals surface area contributed by atoms with Crippen LogP contribution in [0.25, 0.3) is 129 Å². The van der Waals surface area contributed by atoms with E-state index in [1.807, 2.05) is 85.7 Å². The van der Waals surface area contributed by atoms with Crippen LogP contribution in [0.4, 0.5) is 103 Å². The quantitative estimate of drug-likeness (QED) is 0.0604. The molecule has 0 amide bonds. The van der Waals surface area contributed by atoms with E-state index < -0.39 is 0 Å². The largest absolute Gasteiger partial charge is 0.294 e. The molecule has 142 heavy (non-hydrogen) atoms. The lowest BCUT2D eigenvalue weighted by atomic mass is 9.84. The number of benzene rings is 21. The molecule has 0 radical (unpaired) electrons. The van der Waals surface area contributed by atoms with Crippen molar-refractivity contribution in [3.63, 3.8) is 0 Å². The minimum Gasteiger partial charge on any atom is -0.294 e. The SMILES string of the molecule is Cc1cc(N(c2ccccc2)c2ccccn2)c2c3ccccc3c3c(N(c4ccccc4)c4ccccn4)cc(C)c4ccc1c2c43.Cc1cc(N(c2ccccc2)c2ccccn2)c2ccc3c(N(c4ccccc4)c4ccccn4)cc(C)c4c5ccccc5c1c2c34.c1ccc(N(c2ccccn2)c2ccc3c4ccccc4c4ccc(N(c5ccccc5)c5ccccn5)c5ccc2c3c54)cc1. The van der Waals surface area contributed by atoms with Crippen molar-refractivity contribution in [1.29, 1.82) is 0 Å². The Morgan fingerprint density at radius 2 is 0.317 bits per heavy atom. The van der Waals surface area contributed by atoms with E-state index in [9.17, 15) is 0 Å². The van der Waals surface area contributed by atoms with Crippen LogP contribution in [0.5, 0.6) is 0 Å². The fourth-order valence-corrected chi connectivity index (χ4v) is 22.0. The molecular weight excluding hydrogens is 1730 g/mol.